The molecule has 2 N–H and O–H groups in total. The molecule has 0 spiro atoms. The van der Waals surface area contributed by atoms with Gasteiger partial charge in [0, 0.05) is 26.7 Å². The van der Waals surface area contributed by atoms with E-state index in [1.807, 2.05) is 20.8 Å². The molecule has 2 bridgehead atoms. The number of guanidine groups is 1. The lowest BCUT2D eigenvalue weighted by molar-refractivity contribution is -0.140. The van der Waals surface area contributed by atoms with Crippen LogP contribution in [0.4, 0.5) is 0 Å². The molecule has 4 atom stereocenters. The van der Waals surface area contributed by atoms with Gasteiger partial charge in [-0.25, -0.2) is 0 Å². The average Bonchev–Trinajstić information content (AvgIpc) is 3.29. The first-order valence-electron chi connectivity index (χ1n) is 9.49. The Bertz CT molecular complexity index is 598. The normalized spacial score (nSPS) is 30.3. The molecule has 144 valence electrons. The summed E-state index contributed by atoms with van der Waals surface area (Å²) in [7, 11) is 1.67. The van der Waals surface area contributed by atoms with Crippen LogP contribution in [0.15, 0.2) is 17.1 Å². The highest BCUT2D eigenvalue weighted by atomic mass is 16.5. The minimum atomic E-state index is -0.340. The molecule has 4 unspecified atom stereocenters. The Hall–Kier alpha value is -1.89. The molecule has 7 nitrogen and oxygen atoms in total. The summed E-state index contributed by atoms with van der Waals surface area (Å²) in [6.45, 7) is 8.06. The molecule has 1 saturated heterocycles. The second-order valence-electron chi connectivity index (χ2n) is 7.91. The number of hydrogen-bond donors (Lipinski definition) is 2. The Balaban J connectivity index is 1.54. The molecule has 0 aromatic carbocycles. The van der Waals surface area contributed by atoms with Crippen molar-refractivity contribution < 1.29 is 14.3 Å². The number of aliphatic imine (C=N–C) groups is 1. The van der Waals surface area contributed by atoms with Gasteiger partial charge in [-0.15, -0.1) is 0 Å². The third kappa shape index (κ3) is 3.49. The number of hydrogen-bond acceptors (Lipinski definition) is 4. The summed E-state index contributed by atoms with van der Waals surface area (Å²) in [5, 5.41) is 6.39. The quantitative estimate of drug-likeness (QED) is 0.303. The van der Waals surface area contributed by atoms with Gasteiger partial charge < -0.3 is 15.4 Å². The molecule has 1 aliphatic heterocycles. The summed E-state index contributed by atoms with van der Waals surface area (Å²) in [5.41, 5.74) is -0.340. The van der Waals surface area contributed by atoms with Crippen LogP contribution in [-0.2, 0) is 14.3 Å². The number of nitrogens with zero attached hydrogens (tertiary/aromatic N) is 2. The maximum atomic E-state index is 12.7. The van der Waals surface area contributed by atoms with Crippen LogP contribution in [0.5, 0.6) is 0 Å². The van der Waals surface area contributed by atoms with Crippen LogP contribution in [-0.4, -0.2) is 61.6 Å². The molecule has 3 aliphatic rings. The van der Waals surface area contributed by atoms with Crippen LogP contribution < -0.4 is 10.6 Å². The van der Waals surface area contributed by atoms with E-state index in [1.165, 1.54) is 4.90 Å². The molecule has 2 amide bonds. The minimum absolute atomic E-state index is 0.00102. The monoisotopic (exact) mass is 362 g/mol. The third-order valence-electron chi connectivity index (χ3n) is 5.70. The molecular formula is C19H30N4O3. The van der Waals surface area contributed by atoms with Crippen LogP contribution in [0.2, 0.25) is 0 Å². The third-order valence-corrected chi connectivity index (χ3v) is 5.70. The number of methoxy groups -OCH3 is 1. The van der Waals surface area contributed by atoms with Crippen molar-refractivity contribution >= 4 is 17.8 Å². The number of allylic oxidation sites excluding steroid dienone is 2. The molecule has 1 heterocycles. The zero-order valence-corrected chi connectivity index (χ0v) is 16.1. The summed E-state index contributed by atoms with van der Waals surface area (Å²) < 4.78 is 5.38. The summed E-state index contributed by atoms with van der Waals surface area (Å²) in [5.74, 6) is 0.939. The lowest BCUT2D eigenvalue weighted by Crippen LogP contribution is -2.44. The second-order valence-corrected chi connectivity index (χ2v) is 7.91. The van der Waals surface area contributed by atoms with Crippen LogP contribution in [0, 0.1) is 23.7 Å². The van der Waals surface area contributed by atoms with E-state index in [4.69, 9.17) is 4.74 Å². The second kappa shape index (κ2) is 7.39. The summed E-state index contributed by atoms with van der Waals surface area (Å²) in [6, 6.07) is 0. The van der Waals surface area contributed by atoms with Crippen LogP contribution in [0.3, 0.4) is 0 Å². The SMILES string of the molecule is CCNC(=NCC(C)(C)OC)NCCN1C(=O)C2C3C=CC(C3)C2C1=O. The Morgan fingerprint density at radius 2 is 1.85 bits per heavy atom. The Morgan fingerprint density at radius 3 is 2.38 bits per heavy atom. The molecule has 1 saturated carbocycles. The molecule has 0 radical (unpaired) electrons. The van der Waals surface area contributed by atoms with Crippen molar-refractivity contribution in [2.75, 3.05) is 33.3 Å². The molecule has 2 aliphatic carbocycles. The van der Waals surface area contributed by atoms with Gasteiger partial charge in [0.25, 0.3) is 0 Å². The highest BCUT2D eigenvalue weighted by molar-refractivity contribution is 6.06. The highest BCUT2D eigenvalue weighted by Crippen LogP contribution is 2.52. The maximum Gasteiger partial charge on any atom is 0.233 e. The highest BCUT2D eigenvalue weighted by Gasteiger charge is 2.58. The Labute approximate surface area is 155 Å². The Kier molecular flexibility index (Phi) is 5.37. The lowest BCUT2D eigenvalue weighted by Gasteiger charge is -2.22. The van der Waals surface area contributed by atoms with E-state index >= 15 is 0 Å². The number of rotatable bonds is 7. The summed E-state index contributed by atoms with van der Waals surface area (Å²) in [4.78, 5) is 31.3. The smallest absolute Gasteiger partial charge is 0.233 e. The lowest BCUT2D eigenvalue weighted by atomic mass is 9.85. The van der Waals surface area contributed by atoms with E-state index in [0.717, 1.165) is 13.0 Å². The van der Waals surface area contributed by atoms with Crippen molar-refractivity contribution in [2.45, 2.75) is 32.8 Å². The number of likely N-dealkylation sites (tertiary alicyclic amines) is 1. The predicted octanol–water partition coefficient (Wildman–Crippen LogP) is 0.774. The fraction of sp³-hybridized carbons (Fsp3) is 0.737. The Morgan fingerprint density at radius 1 is 1.23 bits per heavy atom. The molecule has 7 heteroatoms. The number of ether oxygens (including phenoxy) is 1. The van der Waals surface area contributed by atoms with Crippen molar-refractivity contribution in [3.05, 3.63) is 12.2 Å². The number of nitrogens with one attached hydrogen (secondary N) is 2. The molecule has 3 rings (SSSR count). The van der Waals surface area contributed by atoms with Gasteiger partial charge in [-0.05, 0) is 39.0 Å². The molecule has 0 aromatic heterocycles. The summed E-state index contributed by atoms with van der Waals surface area (Å²) in [6.07, 6.45) is 5.20. The number of carbonyl (C=O) groups is 2. The standard InChI is InChI=1S/C19H30N4O3/c1-5-20-18(22-11-19(2,3)26-4)21-8-9-23-16(24)14-12-6-7-13(10-12)15(14)17(23)25/h6-7,12-15H,5,8-11H2,1-4H3,(H2,20,21,22). The van der Waals surface area contributed by atoms with Crippen molar-refractivity contribution in [3.63, 3.8) is 0 Å². The van der Waals surface area contributed by atoms with Crippen LogP contribution in [0.1, 0.15) is 27.2 Å². The van der Waals surface area contributed by atoms with Gasteiger partial charge in [0.2, 0.25) is 11.8 Å². The van der Waals surface area contributed by atoms with Crippen molar-refractivity contribution in [1.82, 2.24) is 15.5 Å². The minimum Gasteiger partial charge on any atom is -0.377 e. The fourth-order valence-electron chi connectivity index (χ4n) is 4.15. The maximum absolute atomic E-state index is 12.7. The van der Waals surface area contributed by atoms with E-state index in [0.29, 0.717) is 25.6 Å². The van der Waals surface area contributed by atoms with Crippen LogP contribution >= 0.6 is 0 Å². The van der Waals surface area contributed by atoms with Crippen molar-refractivity contribution in [3.8, 4) is 0 Å². The molecule has 2 fully saturated rings. The van der Waals surface area contributed by atoms with E-state index in [-0.39, 0.29) is 41.1 Å². The van der Waals surface area contributed by atoms with E-state index in [2.05, 4.69) is 27.8 Å². The fourth-order valence-corrected chi connectivity index (χ4v) is 4.15. The van der Waals surface area contributed by atoms with E-state index < -0.39 is 0 Å². The van der Waals surface area contributed by atoms with Crippen LogP contribution in [0.25, 0.3) is 0 Å². The van der Waals surface area contributed by atoms with Gasteiger partial charge >= 0.3 is 0 Å². The zero-order chi connectivity index (χ0) is 18.9. The molecule has 26 heavy (non-hydrogen) atoms. The first-order chi connectivity index (χ1) is 12.4. The van der Waals surface area contributed by atoms with Crippen molar-refractivity contribution in [2.24, 2.45) is 28.7 Å². The van der Waals surface area contributed by atoms with Gasteiger partial charge in [-0.1, -0.05) is 12.2 Å². The summed E-state index contributed by atoms with van der Waals surface area (Å²) >= 11 is 0. The van der Waals surface area contributed by atoms with Gasteiger partial charge in [0.15, 0.2) is 5.96 Å². The van der Waals surface area contributed by atoms with Gasteiger partial charge in [0.1, 0.15) is 0 Å². The number of amides is 2. The average molecular weight is 362 g/mol. The predicted molar refractivity (Wildman–Crippen MR) is 99.5 cm³/mol. The number of carbonyl (C=O) groups excluding carboxylic acids is 2. The first-order valence-corrected chi connectivity index (χ1v) is 9.49. The molecule has 0 aromatic rings. The molecular weight excluding hydrogens is 332 g/mol. The largest absolute Gasteiger partial charge is 0.377 e. The van der Waals surface area contributed by atoms with Gasteiger partial charge in [-0.2, -0.15) is 0 Å². The van der Waals surface area contributed by atoms with E-state index in [1.54, 1.807) is 7.11 Å². The first kappa shape index (κ1) is 18.9. The van der Waals surface area contributed by atoms with Gasteiger partial charge in [0.05, 0.1) is 24.0 Å². The van der Waals surface area contributed by atoms with E-state index in [9.17, 15) is 9.59 Å². The van der Waals surface area contributed by atoms with Crippen molar-refractivity contribution in [1.29, 1.82) is 0 Å². The number of imide groups is 1. The topological polar surface area (TPSA) is 83.0 Å². The van der Waals surface area contributed by atoms with Gasteiger partial charge in [-0.3, -0.25) is 19.5 Å². The zero-order valence-electron chi connectivity index (χ0n) is 16.1. The number of fused-ring (bicyclic) bond motifs is 5.